The number of benzene rings is 1. The Labute approximate surface area is 103 Å². The molecule has 1 N–H and O–H groups in total. The van der Waals surface area contributed by atoms with Crippen molar-refractivity contribution in [3.05, 3.63) is 33.3 Å². The molecule has 0 spiro atoms. The molecule has 5 nitrogen and oxygen atoms in total. The second-order valence-electron chi connectivity index (χ2n) is 4.03. The summed E-state index contributed by atoms with van der Waals surface area (Å²) in [5, 5.41) is 20.6. The highest BCUT2D eigenvalue weighted by Crippen LogP contribution is 2.32. The van der Waals surface area contributed by atoms with E-state index in [1.54, 1.807) is 0 Å². The zero-order valence-electron chi connectivity index (χ0n) is 9.01. The molecule has 0 amide bonds. The molecule has 2 atom stereocenters. The fourth-order valence-electron chi connectivity index (χ4n) is 1.90. The Morgan fingerprint density at radius 2 is 2.24 bits per heavy atom. The summed E-state index contributed by atoms with van der Waals surface area (Å²) in [7, 11) is 0. The Hall–Kier alpha value is -1.33. The van der Waals surface area contributed by atoms with Crippen LogP contribution in [0, 0.1) is 10.1 Å². The number of nitro benzene ring substituents is 1. The number of aliphatic hydroxyl groups excluding tert-OH is 1. The molecule has 0 bridgehead atoms. The Kier molecular flexibility index (Phi) is 3.49. The number of halogens is 1. The lowest BCUT2D eigenvalue weighted by Crippen LogP contribution is -2.25. The summed E-state index contributed by atoms with van der Waals surface area (Å²) in [5.41, 5.74) is -0.0723. The lowest BCUT2D eigenvalue weighted by atomic mass is 10.2. The van der Waals surface area contributed by atoms with Gasteiger partial charge in [0.25, 0.3) is 5.69 Å². The number of aliphatic hydroxyl groups is 1. The Balaban J connectivity index is 2.19. The number of hydrogen-bond acceptors (Lipinski definition) is 4. The van der Waals surface area contributed by atoms with Gasteiger partial charge in [0, 0.05) is 6.07 Å². The van der Waals surface area contributed by atoms with Crippen molar-refractivity contribution in [1.29, 1.82) is 0 Å². The van der Waals surface area contributed by atoms with Crippen LogP contribution in [0.4, 0.5) is 5.69 Å². The molecule has 2 unspecified atom stereocenters. The topological polar surface area (TPSA) is 72.6 Å². The fraction of sp³-hybridized carbons (Fsp3) is 0.455. The lowest BCUT2D eigenvalue weighted by Gasteiger charge is -2.17. The monoisotopic (exact) mass is 257 g/mol. The molecule has 1 aromatic rings. The summed E-state index contributed by atoms with van der Waals surface area (Å²) >= 11 is 5.90. The predicted octanol–water partition coefficient (Wildman–Crippen LogP) is 2.54. The molecule has 2 rings (SSSR count). The van der Waals surface area contributed by atoms with Gasteiger partial charge in [-0.1, -0.05) is 11.6 Å². The van der Waals surface area contributed by atoms with Gasteiger partial charge in [0.05, 0.1) is 22.1 Å². The molecule has 1 saturated carbocycles. The van der Waals surface area contributed by atoms with Gasteiger partial charge in [-0.3, -0.25) is 10.1 Å². The first kappa shape index (κ1) is 12.1. The van der Waals surface area contributed by atoms with Gasteiger partial charge < -0.3 is 9.84 Å². The first-order chi connectivity index (χ1) is 8.08. The lowest BCUT2D eigenvalue weighted by molar-refractivity contribution is -0.385. The molecule has 0 aliphatic heterocycles. The molecule has 0 radical (unpaired) electrons. The predicted molar refractivity (Wildman–Crippen MR) is 62.4 cm³/mol. The van der Waals surface area contributed by atoms with Gasteiger partial charge in [-0.15, -0.1) is 0 Å². The van der Waals surface area contributed by atoms with Gasteiger partial charge in [0.15, 0.2) is 0 Å². The van der Waals surface area contributed by atoms with Gasteiger partial charge in [0.2, 0.25) is 0 Å². The summed E-state index contributed by atoms with van der Waals surface area (Å²) in [6.07, 6.45) is 1.47. The molecule has 0 heterocycles. The highest BCUT2D eigenvalue weighted by atomic mass is 35.5. The number of nitrogens with zero attached hydrogens (tertiary/aromatic N) is 1. The van der Waals surface area contributed by atoms with E-state index in [1.165, 1.54) is 18.2 Å². The van der Waals surface area contributed by atoms with Gasteiger partial charge in [-0.25, -0.2) is 0 Å². The Morgan fingerprint density at radius 3 is 2.82 bits per heavy atom. The SMILES string of the molecule is O=[N+]([O-])c1ccc(Cl)c(OC2CCCC2O)c1. The Morgan fingerprint density at radius 1 is 1.47 bits per heavy atom. The van der Waals surface area contributed by atoms with Gasteiger partial charge in [-0.2, -0.15) is 0 Å². The molecule has 1 fully saturated rings. The summed E-state index contributed by atoms with van der Waals surface area (Å²) in [6.45, 7) is 0. The maximum Gasteiger partial charge on any atom is 0.273 e. The van der Waals surface area contributed by atoms with E-state index in [9.17, 15) is 15.2 Å². The molecule has 0 saturated heterocycles. The van der Waals surface area contributed by atoms with Crippen molar-refractivity contribution in [2.75, 3.05) is 0 Å². The number of hydrogen-bond donors (Lipinski definition) is 1. The van der Waals surface area contributed by atoms with Crippen LogP contribution in [0.2, 0.25) is 5.02 Å². The smallest absolute Gasteiger partial charge is 0.273 e. The zero-order valence-corrected chi connectivity index (χ0v) is 9.76. The van der Waals surface area contributed by atoms with Crippen LogP contribution in [0.5, 0.6) is 5.75 Å². The van der Waals surface area contributed by atoms with Gasteiger partial charge in [0.1, 0.15) is 11.9 Å². The largest absolute Gasteiger partial charge is 0.486 e. The summed E-state index contributed by atoms with van der Waals surface area (Å²) in [5.74, 6) is 0.256. The maximum absolute atomic E-state index is 10.6. The highest BCUT2D eigenvalue weighted by Gasteiger charge is 2.28. The maximum atomic E-state index is 10.6. The first-order valence-electron chi connectivity index (χ1n) is 5.36. The zero-order chi connectivity index (χ0) is 12.4. The van der Waals surface area contributed by atoms with Crippen molar-refractivity contribution in [2.24, 2.45) is 0 Å². The van der Waals surface area contributed by atoms with Crippen LogP contribution in [-0.2, 0) is 0 Å². The third-order valence-corrected chi connectivity index (χ3v) is 3.13. The second kappa shape index (κ2) is 4.89. The summed E-state index contributed by atoms with van der Waals surface area (Å²) < 4.78 is 5.52. The van der Waals surface area contributed by atoms with Crippen LogP contribution in [0.15, 0.2) is 18.2 Å². The van der Waals surface area contributed by atoms with Crippen molar-refractivity contribution >= 4 is 17.3 Å². The van der Waals surface area contributed by atoms with Crippen molar-refractivity contribution in [1.82, 2.24) is 0 Å². The second-order valence-corrected chi connectivity index (χ2v) is 4.43. The number of rotatable bonds is 3. The van der Waals surface area contributed by atoms with E-state index in [0.717, 1.165) is 12.8 Å². The molecular formula is C11H12ClNO4. The normalized spacial score (nSPS) is 23.6. The quantitative estimate of drug-likeness (QED) is 0.667. The molecule has 17 heavy (non-hydrogen) atoms. The first-order valence-corrected chi connectivity index (χ1v) is 5.74. The highest BCUT2D eigenvalue weighted by molar-refractivity contribution is 6.32. The fourth-order valence-corrected chi connectivity index (χ4v) is 2.07. The minimum absolute atomic E-state index is 0.0723. The third-order valence-electron chi connectivity index (χ3n) is 2.82. The third kappa shape index (κ3) is 2.68. The van der Waals surface area contributed by atoms with Crippen molar-refractivity contribution in [3.63, 3.8) is 0 Å². The van der Waals surface area contributed by atoms with Crippen LogP contribution in [0.25, 0.3) is 0 Å². The van der Waals surface area contributed by atoms with E-state index in [2.05, 4.69) is 0 Å². The van der Waals surface area contributed by atoms with E-state index in [4.69, 9.17) is 16.3 Å². The van der Waals surface area contributed by atoms with E-state index < -0.39 is 11.0 Å². The van der Waals surface area contributed by atoms with Crippen molar-refractivity contribution < 1.29 is 14.8 Å². The molecule has 0 aromatic heterocycles. The van der Waals surface area contributed by atoms with E-state index >= 15 is 0 Å². The summed E-state index contributed by atoms with van der Waals surface area (Å²) in [6, 6.07) is 4.03. The van der Waals surface area contributed by atoms with Crippen molar-refractivity contribution in [2.45, 2.75) is 31.5 Å². The van der Waals surface area contributed by atoms with Crippen LogP contribution >= 0.6 is 11.6 Å². The Bertz CT molecular complexity index is 437. The molecule has 1 aromatic carbocycles. The van der Waals surface area contributed by atoms with Crippen LogP contribution in [0.3, 0.4) is 0 Å². The van der Waals surface area contributed by atoms with E-state index in [0.29, 0.717) is 11.4 Å². The molecule has 6 heteroatoms. The summed E-state index contributed by atoms with van der Waals surface area (Å²) in [4.78, 5) is 10.1. The van der Waals surface area contributed by atoms with Gasteiger partial charge >= 0.3 is 0 Å². The van der Waals surface area contributed by atoms with Crippen LogP contribution in [-0.4, -0.2) is 22.2 Å². The minimum atomic E-state index is -0.523. The average Bonchev–Trinajstić information content (AvgIpc) is 2.67. The minimum Gasteiger partial charge on any atom is -0.486 e. The van der Waals surface area contributed by atoms with E-state index in [-0.39, 0.29) is 17.5 Å². The van der Waals surface area contributed by atoms with Crippen molar-refractivity contribution in [3.8, 4) is 5.75 Å². The van der Waals surface area contributed by atoms with Crippen LogP contribution < -0.4 is 4.74 Å². The average molecular weight is 258 g/mol. The van der Waals surface area contributed by atoms with Gasteiger partial charge in [-0.05, 0) is 25.3 Å². The molecule has 92 valence electrons. The molecule has 1 aliphatic carbocycles. The number of non-ortho nitro benzene ring substituents is 1. The molecular weight excluding hydrogens is 246 g/mol. The van der Waals surface area contributed by atoms with Crippen LogP contribution in [0.1, 0.15) is 19.3 Å². The molecule has 1 aliphatic rings. The van der Waals surface area contributed by atoms with E-state index in [1.807, 2.05) is 0 Å². The standard InChI is InChI=1S/C11H12ClNO4/c12-8-5-4-7(13(15)16)6-11(8)17-10-3-1-2-9(10)14/h4-6,9-10,14H,1-3H2. The number of nitro groups is 1. The number of ether oxygens (including phenoxy) is 1.